The molecular weight excluding hydrogens is 274 g/mol. The van der Waals surface area contributed by atoms with Crippen LogP contribution in [0.4, 0.5) is 5.69 Å². The molecule has 2 rings (SSSR count). The van der Waals surface area contributed by atoms with E-state index in [1.807, 2.05) is 11.8 Å². The number of nitrogens with one attached hydrogen (secondary N) is 1. The minimum Gasteiger partial charge on any atom is -0.486 e. The Bertz CT molecular complexity index is 521. The zero-order valence-corrected chi connectivity index (χ0v) is 11.9. The molecule has 1 aliphatic rings. The normalized spacial score (nSPS) is 18.3. The standard InChI is InChI=1S/C14H19N3O4/c1-11-10-15-7-8-16(11)14(18)6-9-21-13-5-3-2-4-12(13)17(19)20/h2-5,11,15H,6-10H2,1H3/t11-/m0/s1. The molecule has 1 aliphatic heterocycles. The number of hydrogen-bond acceptors (Lipinski definition) is 5. The second-order valence-corrected chi connectivity index (χ2v) is 4.96. The Kier molecular flexibility index (Phi) is 5.10. The molecule has 1 atom stereocenters. The van der Waals surface area contributed by atoms with Crippen LogP contribution < -0.4 is 10.1 Å². The molecule has 1 aromatic rings. The monoisotopic (exact) mass is 293 g/mol. The summed E-state index contributed by atoms with van der Waals surface area (Å²) in [5.41, 5.74) is -0.0829. The van der Waals surface area contributed by atoms with E-state index in [4.69, 9.17) is 4.74 Å². The van der Waals surface area contributed by atoms with E-state index >= 15 is 0 Å². The molecule has 1 saturated heterocycles. The second-order valence-electron chi connectivity index (χ2n) is 4.96. The van der Waals surface area contributed by atoms with Gasteiger partial charge in [0, 0.05) is 31.7 Å². The number of amides is 1. The lowest BCUT2D eigenvalue weighted by molar-refractivity contribution is -0.385. The van der Waals surface area contributed by atoms with Gasteiger partial charge in [0.05, 0.1) is 18.0 Å². The highest BCUT2D eigenvalue weighted by molar-refractivity contribution is 5.76. The van der Waals surface area contributed by atoms with Crippen molar-refractivity contribution in [3.05, 3.63) is 34.4 Å². The molecule has 1 aromatic carbocycles. The van der Waals surface area contributed by atoms with Crippen molar-refractivity contribution in [1.29, 1.82) is 0 Å². The van der Waals surface area contributed by atoms with Crippen LogP contribution in [-0.4, -0.2) is 48.0 Å². The highest BCUT2D eigenvalue weighted by Crippen LogP contribution is 2.25. The molecule has 0 aromatic heterocycles. The smallest absolute Gasteiger partial charge is 0.310 e. The van der Waals surface area contributed by atoms with Crippen LogP contribution in [0, 0.1) is 10.1 Å². The molecule has 114 valence electrons. The van der Waals surface area contributed by atoms with E-state index in [1.165, 1.54) is 12.1 Å². The summed E-state index contributed by atoms with van der Waals surface area (Å²) in [6.45, 7) is 4.40. The predicted octanol–water partition coefficient (Wildman–Crippen LogP) is 1.18. The lowest BCUT2D eigenvalue weighted by Crippen LogP contribution is -2.52. The number of carbonyl (C=O) groups excluding carboxylic acids is 1. The first-order valence-corrected chi connectivity index (χ1v) is 6.96. The molecule has 0 aliphatic carbocycles. The van der Waals surface area contributed by atoms with Crippen molar-refractivity contribution in [3.63, 3.8) is 0 Å². The van der Waals surface area contributed by atoms with Crippen molar-refractivity contribution < 1.29 is 14.5 Å². The molecule has 0 radical (unpaired) electrons. The first-order chi connectivity index (χ1) is 10.1. The zero-order chi connectivity index (χ0) is 15.2. The molecule has 1 heterocycles. The molecule has 0 unspecified atom stereocenters. The number of ether oxygens (including phenoxy) is 1. The molecule has 7 nitrogen and oxygen atoms in total. The fourth-order valence-corrected chi connectivity index (χ4v) is 2.33. The molecule has 1 amide bonds. The summed E-state index contributed by atoms with van der Waals surface area (Å²) in [6, 6.07) is 6.34. The van der Waals surface area contributed by atoms with Gasteiger partial charge in [0.15, 0.2) is 5.75 Å². The molecule has 1 N–H and O–H groups in total. The van der Waals surface area contributed by atoms with E-state index in [9.17, 15) is 14.9 Å². The van der Waals surface area contributed by atoms with Gasteiger partial charge in [0.2, 0.25) is 5.91 Å². The Morgan fingerprint density at radius 3 is 3.00 bits per heavy atom. The second kappa shape index (κ2) is 7.03. The summed E-state index contributed by atoms with van der Waals surface area (Å²) in [5, 5.41) is 14.1. The highest BCUT2D eigenvalue weighted by atomic mass is 16.6. The molecule has 21 heavy (non-hydrogen) atoms. The summed E-state index contributed by atoms with van der Waals surface area (Å²) in [4.78, 5) is 24.3. The van der Waals surface area contributed by atoms with Gasteiger partial charge < -0.3 is 15.0 Å². The van der Waals surface area contributed by atoms with Crippen LogP contribution in [0.1, 0.15) is 13.3 Å². The van der Waals surface area contributed by atoms with Crippen LogP contribution >= 0.6 is 0 Å². The molecule has 0 bridgehead atoms. The number of nitro groups is 1. The van der Waals surface area contributed by atoms with Gasteiger partial charge in [-0.2, -0.15) is 0 Å². The first kappa shape index (κ1) is 15.2. The van der Waals surface area contributed by atoms with Gasteiger partial charge in [-0.05, 0) is 13.0 Å². The third kappa shape index (κ3) is 3.91. The van der Waals surface area contributed by atoms with Crippen LogP contribution in [0.15, 0.2) is 24.3 Å². The predicted molar refractivity (Wildman–Crippen MR) is 77.3 cm³/mol. The van der Waals surface area contributed by atoms with Crippen LogP contribution in [-0.2, 0) is 4.79 Å². The minimum absolute atomic E-state index is 0.0163. The molecule has 0 spiro atoms. The Balaban J connectivity index is 1.87. The lowest BCUT2D eigenvalue weighted by Gasteiger charge is -2.34. The van der Waals surface area contributed by atoms with Gasteiger partial charge in [-0.15, -0.1) is 0 Å². The van der Waals surface area contributed by atoms with Gasteiger partial charge in [-0.1, -0.05) is 12.1 Å². The van der Waals surface area contributed by atoms with Crippen molar-refractivity contribution in [2.24, 2.45) is 0 Å². The van der Waals surface area contributed by atoms with Crippen molar-refractivity contribution in [1.82, 2.24) is 10.2 Å². The maximum Gasteiger partial charge on any atom is 0.310 e. The minimum atomic E-state index is -0.491. The molecule has 1 fully saturated rings. The number of hydrogen-bond donors (Lipinski definition) is 1. The van der Waals surface area contributed by atoms with Gasteiger partial charge in [-0.25, -0.2) is 0 Å². The third-order valence-electron chi connectivity index (χ3n) is 3.46. The molecule has 0 saturated carbocycles. The van der Waals surface area contributed by atoms with Crippen molar-refractivity contribution in [3.8, 4) is 5.75 Å². The van der Waals surface area contributed by atoms with E-state index in [2.05, 4.69) is 5.32 Å². The van der Waals surface area contributed by atoms with Crippen molar-refractivity contribution in [2.45, 2.75) is 19.4 Å². The summed E-state index contributed by atoms with van der Waals surface area (Å²) in [7, 11) is 0. The van der Waals surface area contributed by atoms with Crippen LogP contribution in [0.2, 0.25) is 0 Å². The maximum absolute atomic E-state index is 12.1. The Morgan fingerprint density at radius 2 is 2.29 bits per heavy atom. The average Bonchev–Trinajstić information content (AvgIpc) is 2.48. The van der Waals surface area contributed by atoms with Crippen LogP contribution in [0.5, 0.6) is 5.75 Å². The van der Waals surface area contributed by atoms with E-state index in [0.717, 1.165) is 13.1 Å². The number of piperazine rings is 1. The lowest BCUT2D eigenvalue weighted by atomic mass is 10.2. The Morgan fingerprint density at radius 1 is 1.52 bits per heavy atom. The quantitative estimate of drug-likeness (QED) is 0.651. The van der Waals surface area contributed by atoms with Gasteiger partial charge in [0.1, 0.15) is 0 Å². The van der Waals surface area contributed by atoms with E-state index in [0.29, 0.717) is 6.54 Å². The fourth-order valence-electron chi connectivity index (χ4n) is 2.33. The maximum atomic E-state index is 12.1. The molecule has 7 heteroatoms. The zero-order valence-electron chi connectivity index (χ0n) is 11.9. The molecular formula is C14H19N3O4. The fraction of sp³-hybridized carbons (Fsp3) is 0.500. The van der Waals surface area contributed by atoms with Gasteiger partial charge >= 0.3 is 5.69 Å². The van der Waals surface area contributed by atoms with E-state index in [-0.39, 0.29) is 36.4 Å². The van der Waals surface area contributed by atoms with Crippen molar-refractivity contribution in [2.75, 3.05) is 26.2 Å². The highest BCUT2D eigenvalue weighted by Gasteiger charge is 2.23. The van der Waals surface area contributed by atoms with Gasteiger partial charge in [0.25, 0.3) is 0 Å². The average molecular weight is 293 g/mol. The summed E-state index contributed by atoms with van der Waals surface area (Å²) < 4.78 is 5.39. The summed E-state index contributed by atoms with van der Waals surface area (Å²) in [6.07, 6.45) is 0.219. The number of para-hydroxylation sites is 2. The number of benzene rings is 1. The summed E-state index contributed by atoms with van der Waals surface area (Å²) >= 11 is 0. The SMILES string of the molecule is C[C@H]1CNCCN1C(=O)CCOc1ccccc1[N+](=O)[O-]. The third-order valence-corrected chi connectivity index (χ3v) is 3.46. The summed E-state index contributed by atoms with van der Waals surface area (Å²) in [5.74, 6) is 0.214. The van der Waals surface area contributed by atoms with E-state index in [1.54, 1.807) is 12.1 Å². The number of nitro benzene ring substituents is 1. The number of carbonyl (C=O) groups is 1. The van der Waals surface area contributed by atoms with Crippen molar-refractivity contribution >= 4 is 11.6 Å². The Labute approximate surface area is 123 Å². The van der Waals surface area contributed by atoms with Crippen LogP contribution in [0.3, 0.4) is 0 Å². The number of rotatable bonds is 5. The Hall–Kier alpha value is -2.15. The van der Waals surface area contributed by atoms with Crippen LogP contribution in [0.25, 0.3) is 0 Å². The van der Waals surface area contributed by atoms with Gasteiger partial charge in [-0.3, -0.25) is 14.9 Å². The topological polar surface area (TPSA) is 84.7 Å². The largest absolute Gasteiger partial charge is 0.486 e. The number of nitrogens with zero attached hydrogens (tertiary/aromatic N) is 2. The first-order valence-electron chi connectivity index (χ1n) is 6.96. The van der Waals surface area contributed by atoms with E-state index < -0.39 is 4.92 Å².